The number of benzene rings is 2. The average Bonchev–Trinajstić information content (AvgIpc) is 2.85. The van der Waals surface area contributed by atoms with Crippen LogP contribution in [0.5, 0.6) is 0 Å². The van der Waals surface area contributed by atoms with E-state index in [1.165, 1.54) is 12.1 Å². The summed E-state index contributed by atoms with van der Waals surface area (Å²) >= 11 is 0. The lowest BCUT2D eigenvalue weighted by Gasteiger charge is -2.47. The number of aliphatic hydroxyl groups is 1. The third kappa shape index (κ3) is 6.86. The van der Waals surface area contributed by atoms with Crippen LogP contribution in [0.2, 0.25) is 0 Å². The van der Waals surface area contributed by atoms with Gasteiger partial charge in [0.05, 0.1) is 30.4 Å². The molecule has 2 heterocycles. The second-order valence-electron chi connectivity index (χ2n) is 10.0. The largest absolute Gasteiger partial charge is 0.416 e. The summed E-state index contributed by atoms with van der Waals surface area (Å²) < 4.78 is 105. The minimum absolute atomic E-state index is 0.0124. The van der Waals surface area contributed by atoms with Gasteiger partial charge < -0.3 is 19.5 Å². The highest BCUT2D eigenvalue weighted by molar-refractivity contribution is 5.34. The Bertz CT molecular complexity index is 1040. The molecule has 2 fully saturated rings. The van der Waals surface area contributed by atoms with Gasteiger partial charge in [-0.2, -0.15) is 26.3 Å². The molecule has 5 atom stereocenters. The Hall–Kier alpha value is -2.21. The number of halogens is 7. The minimum Gasteiger partial charge on any atom is -0.393 e. The van der Waals surface area contributed by atoms with Crippen LogP contribution in [0.1, 0.15) is 47.4 Å². The first-order valence-corrected chi connectivity index (χ1v) is 12.5. The highest BCUT2D eigenvalue weighted by Crippen LogP contribution is 2.42. The van der Waals surface area contributed by atoms with E-state index in [1.807, 2.05) is 7.05 Å². The summed E-state index contributed by atoms with van der Waals surface area (Å²) in [5, 5.41) is 10.3. The SMILES string of the molecule is CN1CCC(O)CC1C1CCO[C@@H](OCCc2cc(C(F)(F)F)cc(C(F)(F)F)c2)[C@H]1c1ccc(F)cc1. The van der Waals surface area contributed by atoms with E-state index in [1.54, 1.807) is 12.1 Å². The highest BCUT2D eigenvalue weighted by atomic mass is 19.4. The predicted octanol–water partition coefficient (Wildman–Crippen LogP) is 6.02. The summed E-state index contributed by atoms with van der Waals surface area (Å²) in [4.78, 5) is 2.16. The molecule has 2 aliphatic rings. The van der Waals surface area contributed by atoms with Crippen molar-refractivity contribution in [1.82, 2.24) is 4.90 Å². The van der Waals surface area contributed by atoms with Crippen molar-refractivity contribution in [1.29, 1.82) is 0 Å². The summed E-state index contributed by atoms with van der Waals surface area (Å²) in [6, 6.07) is 7.36. The fourth-order valence-corrected chi connectivity index (χ4v) is 5.53. The summed E-state index contributed by atoms with van der Waals surface area (Å²) in [5.74, 6) is -0.839. The number of likely N-dealkylation sites (tertiary alicyclic amines) is 1. The molecular weight excluding hydrogens is 519 g/mol. The molecule has 210 valence electrons. The van der Waals surface area contributed by atoms with E-state index in [9.17, 15) is 35.8 Å². The van der Waals surface area contributed by atoms with Crippen LogP contribution >= 0.6 is 0 Å². The van der Waals surface area contributed by atoms with Crippen molar-refractivity contribution in [2.24, 2.45) is 5.92 Å². The Kier molecular flexibility index (Phi) is 8.71. The van der Waals surface area contributed by atoms with Crippen LogP contribution < -0.4 is 0 Å². The summed E-state index contributed by atoms with van der Waals surface area (Å²) in [5.41, 5.74) is -2.17. The highest BCUT2D eigenvalue weighted by Gasteiger charge is 2.43. The maximum absolute atomic E-state index is 13.7. The molecule has 38 heavy (non-hydrogen) atoms. The van der Waals surface area contributed by atoms with Gasteiger partial charge in [-0.3, -0.25) is 0 Å². The van der Waals surface area contributed by atoms with E-state index in [0.29, 0.717) is 44.5 Å². The van der Waals surface area contributed by atoms with Gasteiger partial charge in [0.1, 0.15) is 5.82 Å². The van der Waals surface area contributed by atoms with Gasteiger partial charge in [0.2, 0.25) is 0 Å². The van der Waals surface area contributed by atoms with Gasteiger partial charge in [-0.25, -0.2) is 4.39 Å². The maximum atomic E-state index is 13.7. The van der Waals surface area contributed by atoms with Crippen molar-refractivity contribution in [2.75, 3.05) is 26.8 Å². The molecule has 2 aliphatic heterocycles. The molecule has 0 amide bonds. The summed E-state index contributed by atoms with van der Waals surface area (Å²) in [7, 11) is 1.97. The number of hydrogen-bond acceptors (Lipinski definition) is 4. The van der Waals surface area contributed by atoms with Crippen LogP contribution in [0.4, 0.5) is 30.7 Å². The predicted molar refractivity (Wildman–Crippen MR) is 125 cm³/mol. The quantitative estimate of drug-likeness (QED) is 0.448. The Morgan fingerprint density at radius 3 is 2.21 bits per heavy atom. The van der Waals surface area contributed by atoms with Crippen LogP contribution in [-0.2, 0) is 28.2 Å². The smallest absolute Gasteiger partial charge is 0.393 e. The van der Waals surface area contributed by atoms with Crippen LogP contribution in [0.15, 0.2) is 42.5 Å². The van der Waals surface area contributed by atoms with Crippen LogP contribution in [0, 0.1) is 11.7 Å². The van der Waals surface area contributed by atoms with E-state index in [0.717, 1.165) is 5.56 Å². The van der Waals surface area contributed by atoms with Crippen molar-refractivity contribution >= 4 is 0 Å². The molecule has 0 saturated carbocycles. The van der Waals surface area contributed by atoms with Gasteiger partial charge >= 0.3 is 12.4 Å². The van der Waals surface area contributed by atoms with Crippen LogP contribution in [0.25, 0.3) is 0 Å². The first-order chi connectivity index (χ1) is 17.8. The second-order valence-corrected chi connectivity index (χ2v) is 10.0. The van der Waals surface area contributed by atoms with E-state index < -0.39 is 41.7 Å². The van der Waals surface area contributed by atoms with Crippen molar-refractivity contribution in [3.05, 3.63) is 70.5 Å². The van der Waals surface area contributed by atoms with Crippen molar-refractivity contribution < 1.29 is 45.3 Å². The molecule has 0 spiro atoms. The van der Waals surface area contributed by atoms with Gasteiger partial charge in [-0.05, 0) is 80.1 Å². The third-order valence-corrected chi connectivity index (χ3v) is 7.45. The van der Waals surface area contributed by atoms with Gasteiger partial charge in [-0.15, -0.1) is 0 Å². The zero-order chi connectivity index (χ0) is 27.7. The van der Waals surface area contributed by atoms with Crippen molar-refractivity contribution in [2.45, 2.75) is 62.4 Å². The Morgan fingerprint density at radius 1 is 0.974 bits per heavy atom. The number of nitrogens with zero attached hydrogens (tertiary/aromatic N) is 1. The number of ether oxygens (including phenoxy) is 2. The molecule has 2 aromatic carbocycles. The third-order valence-electron chi connectivity index (χ3n) is 7.45. The number of alkyl halides is 6. The first kappa shape index (κ1) is 28.8. The maximum Gasteiger partial charge on any atom is 0.416 e. The zero-order valence-corrected chi connectivity index (χ0v) is 20.7. The topological polar surface area (TPSA) is 41.9 Å². The Labute approximate surface area is 216 Å². The van der Waals surface area contributed by atoms with E-state index in [2.05, 4.69) is 4.90 Å². The van der Waals surface area contributed by atoms with E-state index in [4.69, 9.17) is 9.47 Å². The standard InChI is InChI=1S/C27H30F7NO3/c1-35-9-6-21(36)15-23(35)22-8-11-38-25(24(22)17-2-4-20(28)5-3-17)37-10-7-16-12-18(26(29,30)31)14-19(13-16)27(32,33)34/h2-5,12-14,21-25,36H,6-11,15H2,1H3/t21?,22?,23?,24-,25+/m0/s1. The zero-order valence-electron chi connectivity index (χ0n) is 20.7. The molecule has 4 rings (SSSR count). The van der Waals surface area contributed by atoms with Crippen LogP contribution in [-0.4, -0.2) is 55.2 Å². The summed E-state index contributed by atoms with van der Waals surface area (Å²) in [6.45, 7) is 0.841. The molecule has 4 nitrogen and oxygen atoms in total. The Balaban J connectivity index is 1.55. The normalized spacial score (nSPS) is 27.4. The van der Waals surface area contributed by atoms with Gasteiger partial charge in [0.25, 0.3) is 0 Å². The summed E-state index contributed by atoms with van der Waals surface area (Å²) in [6.07, 6.45) is -9.54. The Morgan fingerprint density at radius 2 is 1.61 bits per heavy atom. The molecule has 11 heteroatoms. The number of piperidine rings is 1. The van der Waals surface area contributed by atoms with Crippen LogP contribution in [0.3, 0.4) is 0 Å². The molecule has 1 N–H and O–H groups in total. The fraction of sp³-hybridized carbons (Fsp3) is 0.556. The average molecular weight is 550 g/mol. The van der Waals surface area contributed by atoms with Gasteiger partial charge in [0, 0.05) is 18.5 Å². The number of aliphatic hydroxyl groups excluding tert-OH is 1. The minimum atomic E-state index is -4.93. The van der Waals surface area contributed by atoms with Gasteiger partial charge in [-0.1, -0.05) is 12.1 Å². The molecule has 0 aromatic heterocycles. The van der Waals surface area contributed by atoms with E-state index in [-0.39, 0.29) is 42.5 Å². The molecule has 2 saturated heterocycles. The fourth-order valence-electron chi connectivity index (χ4n) is 5.53. The molecule has 0 bridgehead atoms. The van der Waals surface area contributed by atoms with Crippen molar-refractivity contribution in [3.63, 3.8) is 0 Å². The lowest BCUT2D eigenvalue weighted by Crippen LogP contribution is -2.51. The van der Waals surface area contributed by atoms with E-state index >= 15 is 0 Å². The molecule has 0 radical (unpaired) electrons. The molecule has 3 unspecified atom stereocenters. The number of rotatable bonds is 6. The first-order valence-electron chi connectivity index (χ1n) is 12.5. The lowest BCUT2D eigenvalue weighted by molar-refractivity contribution is -0.196. The van der Waals surface area contributed by atoms with Gasteiger partial charge in [0.15, 0.2) is 6.29 Å². The lowest BCUT2D eigenvalue weighted by atomic mass is 9.74. The monoisotopic (exact) mass is 549 g/mol. The second kappa shape index (κ2) is 11.5. The molecule has 2 aromatic rings. The molecule has 0 aliphatic carbocycles. The molecular formula is C27H30F7NO3. The van der Waals surface area contributed by atoms with Crippen molar-refractivity contribution in [3.8, 4) is 0 Å². The number of hydrogen-bond donors (Lipinski definition) is 1.